The van der Waals surface area contributed by atoms with Gasteiger partial charge in [0.2, 0.25) is 11.8 Å². The Morgan fingerprint density at radius 2 is 1.91 bits per heavy atom. The van der Waals surface area contributed by atoms with Crippen molar-refractivity contribution in [3.8, 4) is 0 Å². The zero-order valence-electron chi connectivity index (χ0n) is 21.8. The Morgan fingerprint density at radius 1 is 1.23 bits per heavy atom. The number of alkyl carbamates (subject to hydrolysis) is 1. The summed E-state index contributed by atoms with van der Waals surface area (Å²) in [5.74, 6) is 0.123. The van der Waals surface area contributed by atoms with E-state index in [2.05, 4.69) is 17.2 Å². The van der Waals surface area contributed by atoms with Crippen molar-refractivity contribution in [2.45, 2.75) is 83.0 Å². The van der Waals surface area contributed by atoms with Crippen LogP contribution in [0.1, 0.15) is 76.5 Å². The number of rotatable bonds is 10. The Hall–Kier alpha value is -2.48. The number of likely N-dealkylation sites (N-methyl/N-ethyl adjacent to an activating group) is 1. The van der Waals surface area contributed by atoms with Crippen LogP contribution in [-0.4, -0.2) is 59.5 Å². The number of nitrogens with one attached hydrogen (secondary N) is 2. The summed E-state index contributed by atoms with van der Waals surface area (Å²) in [6.45, 7) is 9.15. The molecular formula is C27H41N3O4S. The van der Waals surface area contributed by atoms with Crippen LogP contribution in [-0.2, 0) is 14.3 Å². The van der Waals surface area contributed by atoms with Crippen LogP contribution in [0, 0.1) is 0 Å². The second kappa shape index (κ2) is 13.6. The van der Waals surface area contributed by atoms with Crippen molar-refractivity contribution in [1.82, 2.24) is 15.5 Å². The van der Waals surface area contributed by atoms with Gasteiger partial charge in [0.05, 0.1) is 0 Å². The highest BCUT2D eigenvalue weighted by molar-refractivity contribution is 7.98. The molecule has 0 spiro atoms. The van der Waals surface area contributed by atoms with Crippen molar-refractivity contribution < 1.29 is 19.1 Å². The maximum absolute atomic E-state index is 13.7. The fourth-order valence-corrected chi connectivity index (χ4v) is 4.72. The first-order valence-corrected chi connectivity index (χ1v) is 13.7. The smallest absolute Gasteiger partial charge is 0.408 e. The molecule has 1 aliphatic rings. The average Bonchev–Trinajstić information content (AvgIpc) is 2.81. The monoisotopic (exact) mass is 503 g/mol. The first-order valence-electron chi connectivity index (χ1n) is 12.3. The molecule has 0 bridgehead atoms. The number of carbonyl (C=O) groups is 3. The van der Waals surface area contributed by atoms with Gasteiger partial charge in [-0.3, -0.25) is 9.59 Å². The molecule has 2 unspecified atom stereocenters. The van der Waals surface area contributed by atoms with Gasteiger partial charge in [-0.2, -0.15) is 11.8 Å². The molecule has 0 radical (unpaired) electrons. The summed E-state index contributed by atoms with van der Waals surface area (Å²) < 4.78 is 5.38. The van der Waals surface area contributed by atoms with E-state index < -0.39 is 23.8 Å². The van der Waals surface area contributed by atoms with E-state index in [0.717, 1.165) is 31.2 Å². The predicted molar refractivity (Wildman–Crippen MR) is 143 cm³/mol. The molecule has 2 rings (SSSR count). The molecule has 194 valence electrons. The maximum Gasteiger partial charge on any atom is 0.408 e. The third kappa shape index (κ3) is 9.24. The van der Waals surface area contributed by atoms with Crippen LogP contribution in [0.3, 0.4) is 0 Å². The first kappa shape index (κ1) is 28.8. The van der Waals surface area contributed by atoms with Gasteiger partial charge in [0.25, 0.3) is 0 Å². The van der Waals surface area contributed by atoms with Crippen molar-refractivity contribution in [2.24, 2.45) is 0 Å². The molecule has 7 nitrogen and oxygen atoms in total. The van der Waals surface area contributed by atoms with Gasteiger partial charge >= 0.3 is 6.09 Å². The molecule has 0 aliphatic heterocycles. The van der Waals surface area contributed by atoms with Crippen LogP contribution >= 0.6 is 11.8 Å². The second-order valence-electron chi connectivity index (χ2n) is 10.0. The molecule has 3 amide bonds. The SMILES string of the molecule is C=Cc1cccc(C(C(=O)NC2CCCCC2)N(C)C(=O)C(CCSC)NC(=O)OC(C)(C)C)c1. The van der Waals surface area contributed by atoms with Crippen LogP contribution in [0.25, 0.3) is 6.08 Å². The van der Waals surface area contributed by atoms with E-state index in [1.165, 1.54) is 11.3 Å². The first-order chi connectivity index (χ1) is 16.6. The average molecular weight is 504 g/mol. The van der Waals surface area contributed by atoms with E-state index in [1.54, 1.807) is 45.7 Å². The van der Waals surface area contributed by atoms with Crippen molar-refractivity contribution in [1.29, 1.82) is 0 Å². The number of nitrogens with zero attached hydrogens (tertiary/aromatic N) is 1. The fourth-order valence-electron chi connectivity index (χ4n) is 4.25. The van der Waals surface area contributed by atoms with Crippen molar-refractivity contribution in [2.75, 3.05) is 19.1 Å². The highest BCUT2D eigenvalue weighted by Crippen LogP contribution is 2.25. The molecule has 8 heteroatoms. The van der Waals surface area contributed by atoms with Crippen LogP contribution in [0.4, 0.5) is 4.79 Å². The van der Waals surface area contributed by atoms with Crippen molar-refractivity contribution >= 4 is 35.7 Å². The van der Waals surface area contributed by atoms with Crippen LogP contribution in [0.2, 0.25) is 0 Å². The highest BCUT2D eigenvalue weighted by atomic mass is 32.2. The number of hydrogen-bond acceptors (Lipinski definition) is 5. The topological polar surface area (TPSA) is 87.7 Å². The van der Waals surface area contributed by atoms with E-state index >= 15 is 0 Å². The predicted octanol–water partition coefficient (Wildman–Crippen LogP) is 4.92. The lowest BCUT2D eigenvalue weighted by Gasteiger charge is -2.33. The lowest BCUT2D eigenvalue weighted by molar-refractivity contribution is -0.141. The fraction of sp³-hybridized carbons (Fsp3) is 0.593. The van der Waals surface area contributed by atoms with Gasteiger partial charge < -0.3 is 20.3 Å². The molecular weight excluding hydrogens is 462 g/mol. The molecule has 1 aromatic carbocycles. The van der Waals surface area contributed by atoms with Crippen LogP contribution < -0.4 is 10.6 Å². The van der Waals surface area contributed by atoms with Gasteiger partial charge in [0, 0.05) is 13.1 Å². The molecule has 0 heterocycles. The molecule has 1 saturated carbocycles. The Kier molecular flexibility index (Phi) is 11.1. The summed E-state index contributed by atoms with van der Waals surface area (Å²) in [5, 5.41) is 5.89. The summed E-state index contributed by atoms with van der Waals surface area (Å²) in [4.78, 5) is 41.1. The summed E-state index contributed by atoms with van der Waals surface area (Å²) in [5.41, 5.74) is 0.883. The Bertz CT molecular complexity index is 877. The Morgan fingerprint density at radius 3 is 2.51 bits per heavy atom. The minimum absolute atomic E-state index is 0.108. The molecule has 35 heavy (non-hydrogen) atoms. The van der Waals surface area contributed by atoms with Gasteiger partial charge in [0.15, 0.2) is 0 Å². The van der Waals surface area contributed by atoms with Gasteiger partial charge in [-0.05, 0) is 69.2 Å². The van der Waals surface area contributed by atoms with Crippen molar-refractivity contribution in [3.05, 3.63) is 42.0 Å². The van der Waals surface area contributed by atoms with Crippen molar-refractivity contribution in [3.63, 3.8) is 0 Å². The van der Waals surface area contributed by atoms with E-state index in [4.69, 9.17) is 4.74 Å². The lowest BCUT2D eigenvalue weighted by atomic mass is 9.94. The Balaban J connectivity index is 2.31. The standard InChI is InChI=1S/C27H41N3O4S/c1-7-19-12-11-13-20(18-19)23(24(31)28-21-14-9-8-10-15-21)30(5)25(32)22(16-17-35-6)29-26(33)34-27(2,3)4/h7,11-13,18,21-23H,1,8-10,14-17H2,2-6H3,(H,28,31)(H,29,33). The van der Waals surface area contributed by atoms with E-state index in [9.17, 15) is 14.4 Å². The summed E-state index contributed by atoms with van der Waals surface area (Å²) in [6, 6.07) is 5.95. The molecule has 2 atom stereocenters. The van der Waals surface area contributed by atoms with Gasteiger partial charge in [-0.25, -0.2) is 4.79 Å². The van der Waals surface area contributed by atoms with E-state index in [0.29, 0.717) is 17.7 Å². The van der Waals surface area contributed by atoms with Gasteiger partial charge in [0.1, 0.15) is 17.7 Å². The maximum atomic E-state index is 13.7. The van der Waals surface area contributed by atoms with Gasteiger partial charge in [-0.15, -0.1) is 0 Å². The Labute approximate surface area is 214 Å². The highest BCUT2D eigenvalue weighted by Gasteiger charge is 2.34. The number of amides is 3. The lowest BCUT2D eigenvalue weighted by Crippen LogP contribution is -2.52. The molecule has 1 aromatic rings. The zero-order valence-corrected chi connectivity index (χ0v) is 22.6. The normalized spacial score (nSPS) is 16.0. The molecule has 1 aliphatic carbocycles. The minimum Gasteiger partial charge on any atom is -0.444 e. The van der Waals surface area contributed by atoms with Crippen LogP contribution in [0.5, 0.6) is 0 Å². The van der Waals surface area contributed by atoms with E-state index in [-0.39, 0.29) is 17.9 Å². The zero-order chi connectivity index (χ0) is 26.0. The molecule has 0 saturated heterocycles. The number of hydrogen-bond donors (Lipinski definition) is 2. The number of benzene rings is 1. The minimum atomic E-state index is -0.832. The number of ether oxygens (including phenoxy) is 1. The number of thioether (sulfide) groups is 1. The number of carbonyl (C=O) groups excluding carboxylic acids is 3. The van der Waals surface area contributed by atoms with E-state index in [1.807, 2.05) is 30.5 Å². The summed E-state index contributed by atoms with van der Waals surface area (Å²) >= 11 is 1.59. The molecule has 1 fully saturated rings. The van der Waals surface area contributed by atoms with Gasteiger partial charge in [-0.1, -0.05) is 50.1 Å². The molecule has 2 N–H and O–H groups in total. The summed E-state index contributed by atoms with van der Waals surface area (Å²) in [7, 11) is 1.62. The quantitative estimate of drug-likeness (QED) is 0.473. The third-order valence-corrected chi connectivity index (χ3v) is 6.64. The second-order valence-corrected chi connectivity index (χ2v) is 11.0. The summed E-state index contributed by atoms with van der Waals surface area (Å²) in [6.07, 6.45) is 8.68. The largest absolute Gasteiger partial charge is 0.444 e. The van der Waals surface area contributed by atoms with Crippen LogP contribution in [0.15, 0.2) is 30.8 Å². The molecule has 0 aromatic heterocycles. The third-order valence-electron chi connectivity index (χ3n) is 6.00.